The van der Waals surface area contributed by atoms with Crippen molar-refractivity contribution in [3.05, 3.63) is 0 Å². The van der Waals surface area contributed by atoms with Crippen molar-refractivity contribution < 1.29 is 0 Å². The predicted octanol–water partition coefficient (Wildman–Crippen LogP) is 6.02. The van der Waals surface area contributed by atoms with Crippen LogP contribution in [0.15, 0.2) is 0 Å². The highest BCUT2D eigenvalue weighted by atomic mass is 33.1. The maximum Gasteiger partial charge on any atom is 0.0224 e. The van der Waals surface area contributed by atoms with Crippen molar-refractivity contribution in [2.75, 3.05) is 0 Å². The Morgan fingerprint density at radius 3 is 1.36 bits per heavy atom. The van der Waals surface area contributed by atoms with Gasteiger partial charge < -0.3 is 0 Å². The average molecular weight is 335 g/mol. The number of rotatable bonds is 0. The first-order valence-corrected chi connectivity index (χ1v) is 12.5. The first kappa shape index (κ1) is 13.9. The minimum Gasteiger partial charge on any atom is -0.0898 e. The van der Waals surface area contributed by atoms with Gasteiger partial charge in [-0.05, 0) is 85.9 Å². The van der Waals surface area contributed by atoms with Gasteiger partial charge >= 0.3 is 0 Å². The highest BCUT2D eigenvalue weighted by Gasteiger charge is 2.65. The molecule has 1 aliphatic heterocycles. The van der Waals surface area contributed by atoms with Crippen LogP contribution in [0, 0.1) is 47.3 Å². The molecule has 0 radical (unpaired) electrons. The van der Waals surface area contributed by atoms with Crippen molar-refractivity contribution in [1.82, 2.24) is 0 Å². The van der Waals surface area contributed by atoms with E-state index in [4.69, 9.17) is 0 Å². The molecule has 5 aliphatic carbocycles. The molecule has 22 heavy (non-hydrogen) atoms. The average Bonchev–Trinajstić information content (AvgIpc) is 3.19. The van der Waals surface area contributed by atoms with Crippen molar-refractivity contribution in [2.24, 2.45) is 47.3 Å². The molecule has 0 aromatic heterocycles. The SMILES string of the molecule is C1CCC2C(C1)C1CCC3C4CCCCC4C4SSC2C4C13. The van der Waals surface area contributed by atoms with E-state index in [1.165, 1.54) is 17.8 Å². The highest BCUT2D eigenvalue weighted by Crippen LogP contribution is 2.72. The first-order valence-electron chi connectivity index (χ1n) is 10.3. The standard InChI is InChI=1S/C20H30S2/c1-3-7-15-11(5-1)13-9-10-14-12-6-2-4-8-16(12)20-18(17(13)14)19(15)21-22-20/h11-20H,1-10H2. The summed E-state index contributed by atoms with van der Waals surface area (Å²) in [5, 5.41) is 2.15. The minimum atomic E-state index is 1.07. The Labute approximate surface area is 143 Å². The summed E-state index contributed by atoms with van der Waals surface area (Å²) < 4.78 is 0. The number of hydrogen-bond donors (Lipinski definition) is 0. The van der Waals surface area contributed by atoms with E-state index in [0.717, 1.165) is 40.1 Å². The zero-order chi connectivity index (χ0) is 14.3. The lowest BCUT2D eigenvalue weighted by Gasteiger charge is -2.57. The van der Waals surface area contributed by atoms with Gasteiger partial charge in [0.05, 0.1) is 0 Å². The molecule has 8 unspecified atom stereocenters. The quantitative estimate of drug-likeness (QED) is 0.497. The number of hydrogen-bond acceptors (Lipinski definition) is 2. The summed E-state index contributed by atoms with van der Waals surface area (Å²) in [5.41, 5.74) is 0. The van der Waals surface area contributed by atoms with E-state index < -0.39 is 0 Å². The van der Waals surface area contributed by atoms with Crippen LogP contribution >= 0.6 is 21.6 Å². The molecule has 2 heteroatoms. The summed E-state index contributed by atoms with van der Waals surface area (Å²) in [4.78, 5) is 0. The molecule has 0 aromatic rings. The van der Waals surface area contributed by atoms with Crippen LogP contribution in [0.3, 0.4) is 0 Å². The van der Waals surface area contributed by atoms with Gasteiger partial charge in [0.25, 0.3) is 0 Å². The molecular weight excluding hydrogens is 304 g/mol. The van der Waals surface area contributed by atoms with E-state index in [1.54, 1.807) is 64.2 Å². The molecular formula is C20H30S2. The Bertz CT molecular complexity index is 381. The van der Waals surface area contributed by atoms with Crippen molar-refractivity contribution in [3.8, 4) is 0 Å². The Morgan fingerprint density at radius 2 is 0.864 bits per heavy atom. The molecule has 6 rings (SSSR count). The molecule has 0 N–H and O–H groups in total. The fourth-order valence-corrected chi connectivity index (χ4v) is 13.2. The van der Waals surface area contributed by atoms with Crippen LogP contribution in [0.5, 0.6) is 0 Å². The molecule has 1 saturated heterocycles. The normalized spacial score (nSPS) is 62.2. The Balaban J connectivity index is 1.43. The van der Waals surface area contributed by atoms with Gasteiger partial charge in [0.2, 0.25) is 0 Å². The summed E-state index contributed by atoms with van der Waals surface area (Å²) in [6, 6.07) is 0. The van der Waals surface area contributed by atoms with Crippen molar-refractivity contribution in [3.63, 3.8) is 0 Å². The van der Waals surface area contributed by atoms with Crippen LogP contribution in [0.2, 0.25) is 0 Å². The molecule has 6 fully saturated rings. The zero-order valence-electron chi connectivity index (χ0n) is 13.7. The van der Waals surface area contributed by atoms with Crippen LogP contribution < -0.4 is 0 Å². The second kappa shape index (κ2) is 5.10. The van der Waals surface area contributed by atoms with Gasteiger partial charge in [0.1, 0.15) is 0 Å². The molecule has 1 heterocycles. The van der Waals surface area contributed by atoms with Crippen molar-refractivity contribution in [2.45, 2.75) is 74.7 Å². The van der Waals surface area contributed by atoms with Gasteiger partial charge in [0.15, 0.2) is 0 Å². The van der Waals surface area contributed by atoms with Gasteiger partial charge in [0, 0.05) is 10.5 Å². The molecule has 6 aliphatic rings. The van der Waals surface area contributed by atoms with Gasteiger partial charge in [-0.15, -0.1) is 0 Å². The molecule has 5 saturated carbocycles. The second-order valence-electron chi connectivity index (χ2n) is 9.41. The van der Waals surface area contributed by atoms with E-state index in [1.807, 2.05) is 0 Å². The molecule has 122 valence electrons. The van der Waals surface area contributed by atoms with Crippen LogP contribution in [0.4, 0.5) is 0 Å². The van der Waals surface area contributed by atoms with Crippen LogP contribution in [0.25, 0.3) is 0 Å². The minimum absolute atomic E-state index is 1.07. The van der Waals surface area contributed by atoms with Crippen molar-refractivity contribution in [1.29, 1.82) is 0 Å². The third-order valence-corrected chi connectivity index (χ3v) is 12.5. The van der Waals surface area contributed by atoms with E-state index in [2.05, 4.69) is 21.6 Å². The lowest BCUT2D eigenvalue weighted by Crippen LogP contribution is -2.56. The van der Waals surface area contributed by atoms with Gasteiger partial charge in [-0.3, -0.25) is 0 Å². The van der Waals surface area contributed by atoms with E-state index in [0.29, 0.717) is 0 Å². The van der Waals surface area contributed by atoms with Crippen LogP contribution in [-0.4, -0.2) is 10.5 Å². The molecule has 8 atom stereocenters. The summed E-state index contributed by atoms with van der Waals surface area (Å²) in [7, 11) is 4.79. The number of fused-ring (bicyclic) bond motifs is 6. The molecule has 0 amide bonds. The highest BCUT2D eigenvalue weighted by molar-refractivity contribution is 8.77. The lowest BCUT2D eigenvalue weighted by molar-refractivity contribution is -0.0464. The third-order valence-electron chi connectivity index (χ3n) is 9.00. The van der Waals surface area contributed by atoms with Crippen molar-refractivity contribution >= 4 is 21.6 Å². The van der Waals surface area contributed by atoms with E-state index >= 15 is 0 Å². The fraction of sp³-hybridized carbons (Fsp3) is 1.00. The third kappa shape index (κ3) is 1.70. The maximum atomic E-state index is 2.39. The molecule has 0 aromatic carbocycles. The largest absolute Gasteiger partial charge is 0.0898 e. The molecule has 0 spiro atoms. The summed E-state index contributed by atoms with van der Waals surface area (Å²) in [6.07, 6.45) is 15.9. The van der Waals surface area contributed by atoms with Crippen LogP contribution in [0.1, 0.15) is 64.2 Å². The second-order valence-corrected chi connectivity index (χ2v) is 12.0. The Hall–Kier alpha value is 0.700. The van der Waals surface area contributed by atoms with Gasteiger partial charge in [-0.1, -0.05) is 47.3 Å². The monoisotopic (exact) mass is 334 g/mol. The molecule has 0 nitrogen and oxygen atoms in total. The van der Waals surface area contributed by atoms with Gasteiger partial charge in [-0.25, -0.2) is 0 Å². The van der Waals surface area contributed by atoms with E-state index in [-0.39, 0.29) is 0 Å². The van der Waals surface area contributed by atoms with Crippen LogP contribution in [-0.2, 0) is 0 Å². The maximum absolute atomic E-state index is 2.39. The Kier molecular flexibility index (Phi) is 3.23. The lowest BCUT2D eigenvalue weighted by atomic mass is 9.50. The molecule has 0 bridgehead atoms. The topological polar surface area (TPSA) is 0 Å². The first-order chi connectivity index (χ1) is 10.9. The van der Waals surface area contributed by atoms with Gasteiger partial charge in [-0.2, -0.15) is 0 Å². The zero-order valence-corrected chi connectivity index (χ0v) is 15.3. The Morgan fingerprint density at radius 1 is 0.409 bits per heavy atom. The fourth-order valence-electron chi connectivity index (χ4n) is 8.51. The summed E-state index contributed by atoms with van der Waals surface area (Å²) >= 11 is 0. The van der Waals surface area contributed by atoms with E-state index in [9.17, 15) is 0 Å². The predicted molar refractivity (Wildman–Crippen MR) is 96.8 cm³/mol. The summed E-state index contributed by atoms with van der Waals surface area (Å²) in [6.45, 7) is 0. The summed E-state index contributed by atoms with van der Waals surface area (Å²) in [5.74, 6) is 9.21. The smallest absolute Gasteiger partial charge is 0.0224 e.